The predicted octanol–water partition coefficient (Wildman–Crippen LogP) is 2.09. The Kier molecular flexibility index (Phi) is 9.28. The standard InChI is InChI=1S/C18H24N2O8/c1-3-27-13-9-12(20-16(22)6-8-18(25)26)14(28-4-2)10-11(13)19-15(21)5-7-17(23)24/h9-10H,3-8H2,1-2H3,(H,19,21)(H,20,22)(H,23,24)(H,25,26). The van der Waals surface area contributed by atoms with E-state index in [0.717, 1.165) is 0 Å². The Bertz CT molecular complexity index is 671. The van der Waals surface area contributed by atoms with Gasteiger partial charge in [-0.3, -0.25) is 19.2 Å². The van der Waals surface area contributed by atoms with Crippen molar-refractivity contribution in [1.29, 1.82) is 0 Å². The van der Waals surface area contributed by atoms with Crippen LogP contribution < -0.4 is 20.1 Å². The molecule has 2 amide bonds. The molecule has 0 aliphatic carbocycles. The number of hydrogen-bond donors (Lipinski definition) is 4. The van der Waals surface area contributed by atoms with Crippen molar-refractivity contribution in [1.82, 2.24) is 0 Å². The van der Waals surface area contributed by atoms with Crippen molar-refractivity contribution in [2.75, 3.05) is 23.8 Å². The fraction of sp³-hybridized carbons (Fsp3) is 0.444. The number of aliphatic carboxylic acids is 2. The lowest BCUT2D eigenvalue weighted by molar-refractivity contribution is -0.138. The molecule has 0 aliphatic heterocycles. The molecule has 0 heterocycles. The molecule has 10 nitrogen and oxygen atoms in total. The summed E-state index contributed by atoms with van der Waals surface area (Å²) in [5.74, 6) is -2.69. The van der Waals surface area contributed by atoms with Gasteiger partial charge in [-0.15, -0.1) is 0 Å². The first-order valence-corrected chi connectivity index (χ1v) is 8.73. The topological polar surface area (TPSA) is 151 Å². The van der Waals surface area contributed by atoms with E-state index in [1.165, 1.54) is 12.1 Å². The van der Waals surface area contributed by atoms with Crippen LogP contribution in [0.2, 0.25) is 0 Å². The maximum atomic E-state index is 12.0. The second-order valence-corrected chi connectivity index (χ2v) is 5.59. The van der Waals surface area contributed by atoms with E-state index < -0.39 is 23.8 Å². The Labute approximate surface area is 161 Å². The van der Waals surface area contributed by atoms with E-state index in [-0.39, 0.29) is 61.8 Å². The lowest BCUT2D eigenvalue weighted by Crippen LogP contribution is -2.16. The van der Waals surface area contributed by atoms with Crippen molar-refractivity contribution in [2.24, 2.45) is 0 Å². The van der Waals surface area contributed by atoms with Gasteiger partial charge in [0.15, 0.2) is 0 Å². The highest BCUT2D eigenvalue weighted by atomic mass is 16.5. The highest BCUT2D eigenvalue weighted by molar-refractivity contribution is 5.97. The summed E-state index contributed by atoms with van der Waals surface area (Å²) < 4.78 is 11.0. The van der Waals surface area contributed by atoms with Crippen LogP contribution in [-0.4, -0.2) is 47.2 Å². The number of rotatable bonds is 12. The van der Waals surface area contributed by atoms with Crippen LogP contribution >= 0.6 is 0 Å². The third kappa shape index (κ3) is 7.94. The van der Waals surface area contributed by atoms with Gasteiger partial charge in [0.2, 0.25) is 11.8 Å². The van der Waals surface area contributed by atoms with Gasteiger partial charge < -0.3 is 30.3 Å². The number of carbonyl (C=O) groups excluding carboxylic acids is 2. The van der Waals surface area contributed by atoms with Gasteiger partial charge in [-0.05, 0) is 13.8 Å². The molecular formula is C18H24N2O8. The summed E-state index contributed by atoms with van der Waals surface area (Å²) in [5, 5.41) is 22.5. The smallest absolute Gasteiger partial charge is 0.303 e. The van der Waals surface area contributed by atoms with Crippen LogP contribution in [0.1, 0.15) is 39.5 Å². The van der Waals surface area contributed by atoms with Crippen molar-refractivity contribution in [3.05, 3.63) is 12.1 Å². The normalized spacial score (nSPS) is 10.1. The minimum absolute atomic E-state index is 0.210. The molecule has 154 valence electrons. The first-order chi connectivity index (χ1) is 13.3. The van der Waals surface area contributed by atoms with Crippen molar-refractivity contribution >= 4 is 35.1 Å². The van der Waals surface area contributed by atoms with E-state index in [1.807, 2.05) is 0 Å². The molecule has 0 fully saturated rings. The quantitative estimate of drug-likeness (QED) is 0.419. The molecule has 10 heteroatoms. The Hall–Kier alpha value is -3.30. The molecule has 1 rings (SSSR count). The average Bonchev–Trinajstić information content (AvgIpc) is 2.62. The largest absolute Gasteiger partial charge is 0.492 e. The summed E-state index contributed by atoms with van der Waals surface area (Å²) in [4.78, 5) is 45.1. The molecule has 0 atom stereocenters. The minimum atomic E-state index is -1.09. The van der Waals surface area contributed by atoms with Crippen LogP contribution in [0.15, 0.2) is 12.1 Å². The second kappa shape index (κ2) is 11.4. The molecule has 4 N–H and O–H groups in total. The fourth-order valence-corrected chi connectivity index (χ4v) is 2.17. The number of anilines is 2. The Balaban J connectivity index is 3.08. The van der Waals surface area contributed by atoms with Crippen molar-refractivity contribution in [3.8, 4) is 11.5 Å². The van der Waals surface area contributed by atoms with E-state index in [1.54, 1.807) is 13.8 Å². The van der Waals surface area contributed by atoms with Crippen LogP contribution in [0, 0.1) is 0 Å². The number of carboxylic acids is 2. The van der Waals surface area contributed by atoms with Crippen LogP contribution in [0.3, 0.4) is 0 Å². The van der Waals surface area contributed by atoms with Gasteiger partial charge in [0.25, 0.3) is 0 Å². The number of amides is 2. The van der Waals surface area contributed by atoms with Crippen molar-refractivity contribution in [2.45, 2.75) is 39.5 Å². The number of benzene rings is 1. The molecule has 0 unspecified atom stereocenters. The van der Waals surface area contributed by atoms with Crippen LogP contribution in [0.5, 0.6) is 11.5 Å². The third-order valence-corrected chi connectivity index (χ3v) is 3.36. The zero-order valence-corrected chi connectivity index (χ0v) is 15.7. The first-order valence-electron chi connectivity index (χ1n) is 8.73. The van der Waals surface area contributed by atoms with E-state index >= 15 is 0 Å². The maximum Gasteiger partial charge on any atom is 0.303 e. The van der Waals surface area contributed by atoms with E-state index in [0.29, 0.717) is 0 Å². The van der Waals surface area contributed by atoms with Gasteiger partial charge in [-0.25, -0.2) is 0 Å². The van der Waals surface area contributed by atoms with Gasteiger partial charge >= 0.3 is 11.9 Å². The van der Waals surface area contributed by atoms with Gasteiger partial charge in [0.1, 0.15) is 11.5 Å². The zero-order chi connectivity index (χ0) is 21.1. The SMILES string of the molecule is CCOc1cc(NC(=O)CCC(=O)O)c(OCC)cc1NC(=O)CCC(=O)O. The maximum absolute atomic E-state index is 12.0. The van der Waals surface area contributed by atoms with Crippen molar-refractivity contribution < 1.29 is 38.9 Å². The Morgan fingerprint density at radius 2 is 1.11 bits per heavy atom. The molecule has 0 saturated heterocycles. The molecule has 0 aromatic heterocycles. The molecule has 0 aliphatic rings. The fourth-order valence-electron chi connectivity index (χ4n) is 2.17. The van der Waals surface area contributed by atoms with Gasteiger partial charge in [0.05, 0.1) is 37.4 Å². The number of carbonyl (C=O) groups is 4. The van der Waals surface area contributed by atoms with E-state index in [4.69, 9.17) is 19.7 Å². The highest BCUT2D eigenvalue weighted by Gasteiger charge is 2.17. The lowest BCUT2D eigenvalue weighted by Gasteiger charge is -2.17. The summed E-state index contributed by atoms with van der Waals surface area (Å²) in [5.41, 5.74) is 0.536. The summed E-state index contributed by atoms with van der Waals surface area (Å²) in [6.45, 7) is 4.02. The molecule has 1 aromatic carbocycles. The van der Waals surface area contributed by atoms with Crippen LogP contribution in [0.25, 0.3) is 0 Å². The van der Waals surface area contributed by atoms with Crippen LogP contribution in [-0.2, 0) is 19.2 Å². The summed E-state index contributed by atoms with van der Waals surface area (Å²) in [6, 6.07) is 2.92. The predicted molar refractivity (Wildman–Crippen MR) is 99.8 cm³/mol. The minimum Gasteiger partial charge on any atom is -0.492 e. The van der Waals surface area contributed by atoms with Crippen molar-refractivity contribution in [3.63, 3.8) is 0 Å². The highest BCUT2D eigenvalue weighted by Crippen LogP contribution is 2.37. The number of nitrogens with one attached hydrogen (secondary N) is 2. The molecule has 0 bridgehead atoms. The number of ether oxygens (including phenoxy) is 2. The molecular weight excluding hydrogens is 372 g/mol. The zero-order valence-electron chi connectivity index (χ0n) is 15.7. The van der Waals surface area contributed by atoms with E-state index in [2.05, 4.69) is 10.6 Å². The summed E-state index contributed by atoms with van der Waals surface area (Å²) in [7, 11) is 0. The lowest BCUT2D eigenvalue weighted by atomic mass is 10.2. The number of hydrogen-bond acceptors (Lipinski definition) is 6. The Morgan fingerprint density at radius 1 is 0.750 bits per heavy atom. The second-order valence-electron chi connectivity index (χ2n) is 5.59. The average molecular weight is 396 g/mol. The molecule has 1 aromatic rings. The van der Waals surface area contributed by atoms with E-state index in [9.17, 15) is 19.2 Å². The monoisotopic (exact) mass is 396 g/mol. The molecule has 0 radical (unpaired) electrons. The van der Waals surface area contributed by atoms with Gasteiger partial charge in [-0.1, -0.05) is 0 Å². The molecule has 28 heavy (non-hydrogen) atoms. The van der Waals surface area contributed by atoms with Gasteiger partial charge in [0, 0.05) is 25.0 Å². The molecule has 0 spiro atoms. The number of carboxylic acid groups (broad SMARTS) is 2. The summed E-state index contributed by atoms with van der Waals surface area (Å²) in [6.07, 6.45) is -1.05. The summed E-state index contributed by atoms with van der Waals surface area (Å²) >= 11 is 0. The first kappa shape index (κ1) is 22.7. The Morgan fingerprint density at radius 3 is 1.39 bits per heavy atom. The van der Waals surface area contributed by atoms with Gasteiger partial charge in [-0.2, -0.15) is 0 Å². The third-order valence-electron chi connectivity index (χ3n) is 3.36. The molecule has 0 saturated carbocycles. The van der Waals surface area contributed by atoms with Crippen LogP contribution in [0.4, 0.5) is 11.4 Å².